The third-order valence-corrected chi connectivity index (χ3v) is 7.03. The molecular formula is C25H27N3O6S. The number of ketones is 2. The molecule has 0 aliphatic carbocycles. The number of rotatable bonds is 8. The molecule has 2 aliphatic rings. The van der Waals surface area contributed by atoms with Gasteiger partial charge in [0.15, 0.2) is 0 Å². The van der Waals surface area contributed by atoms with Crippen LogP contribution >= 0.6 is 11.3 Å². The Morgan fingerprint density at radius 2 is 1.69 bits per heavy atom. The number of allylic oxidation sites excluding steroid dienone is 2. The average molecular weight is 498 g/mol. The van der Waals surface area contributed by atoms with E-state index >= 15 is 0 Å². The van der Waals surface area contributed by atoms with Gasteiger partial charge in [0, 0.05) is 16.3 Å². The second-order valence-corrected chi connectivity index (χ2v) is 9.09. The highest BCUT2D eigenvalue weighted by Crippen LogP contribution is 2.53. The number of carbonyl (C=O) groups excluding carboxylic acids is 4. The van der Waals surface area contributed by atoms with Gasteiger partial charge in [-0.2, -0.15) is 5.26 Å². The van der Waals surface area contributed by atoms with Crippen LogP contribution in [0.5, 0.6) is 0 Å². The fraction of sp³-hybridized carbons (Fsp3) is 0.400. The van der Waals surface area contributed by atoms with Crippen molar-refractivity contribution < 1.29 is 28.7 Å². The topological polar surface area (TPSA) is 140 Å². The van der Waals surface area contributed by atoms with Crippen molar-refractivity contribution in [3.05, 3.63) is 56.3 Å². The van der Waals surface area contributed by atoms with E-state index in [0.717, 1.165) is 0 Å². The number of hydrogen-bond acceptors (Lipinski definition) is 10. The lowest BCUT2D eigenvalue weighted by molar-refractivity contribution is -0.140. The molecule has 1 aromatic heterocycles. The summed E-state index contributed by atoms with van der Waals surface area (Å²) in [5.41, 5.74) is 7.14. The molecule has 0 saturated heterocycles. The number of nitriles is 1. The Bertz CT molecular complexity index is 1200. The summed E-state index contributed by atoms with van der Waals surface area (Å²) in [5.74, 6) is -5.60. The standard InChI is InChI=1S/C25H27N3O6S/c1-6-33-24(31)17-12(3)28-22(19(15(11-26)23(28)27)18(13(4)29)14(5)30)21(25(32)34-7-2)20(17)16-9-8-10-35-16/h8-10,18-20H,6-7,27H2,1-5H3/t19-,20+/m0/s1. The molecule has 0 spiro atoms. The number of nitrogens with zero attached hydrogens (tertiary/aromatic N) is 2. The highest BCUT2D eigenvalue weighted by atomic mass is 32.1. The molecule has 2 N–H and O–H groups in total. The Balaban J connectivity index is 2.47. The van der Waals surface area contributed by atoms with E-state index in [1.807, 2.05) is 6.07 Å². The van der Waals surface area contributed by atoms with E-state index in [1.165, 1.54) is 30.1 Å². The summed E-state index contributed by atoms with van der Waals surface area (Å²) >= 11 is 1.33. The van der Waals surface area contributed by atoms with Crippen molar-refractivity contribution in [1.29, 1.82) is 5.26 Å². The van der Waals surface area contributed by atoms with Gasteiger partial charge in [0.25, 0.3) is 0 Å². The third-order valence-electron chi connectivity index (χ3n) is 6.09. The van der Waals surface area contributed by atoms with E-state index in [-0.39, 0.29) is 41.5 Å². The van der Waals surface area contributed by atoms with Crippen molar-refractivity contribution in [3.63, 3.8) is 0 Å². The SMILES string of the molecule is CCOC(=O)C1=C(C)N2C(N)=C(C#N)[C@@H](C(C(C)=O)C(C)=O)C2=C(C(=O)OCC)[C@@H]1c1cccs1. The maximum absolute atomic E-state index is 13.5. The molecule has 0 unspecified atom stereocenters. The first kappa shape index (κ1) is 25.9. The summed E-state index contributed by atoms with van der Waals surface area (Å²) in [6.45, 7) is 7.62. The minimum absolute atomic E-state index is 0.0217. The first-order chi connectivity index (χ1) is 16.6. The first-order valence-corrected chi connectivity index (χ1v) is 12.0. The fourth-order valence-corrected chi connectivity index (χ4v) is 5.65. The summed E-state index contributed by atoms with van der Waals surface area (Å²) in [5, 5.41) is 11.8. The lowest BCUT2D eigenvalue weighted by Gasteiger charge is -2.37. The lowest BCUT2D eigenvalue weighted by Crippen LogP contribution is -2.39. The Hall–Kier alpha value is -3.71. The number of carbonyl (C=O) groups is 4. The average Bonchev–Trinajstić information content (AvgIpc) is 3.40. The largest absolute Gasteiger partial charge is 0.463 e. The summed E-state index contributed by atoms with van der Waals surface area (Å²) < 4.78 is 10.7. The van der Waals surface area contributed by atoms with Crippen molar-refractivity contribution in [1.82, 2.24) is 4.90 Å². The van der Waals surface area contributed by atoms with E-state index in [1.54, 1.807) is 38.3 Å². The second kappa shape index (κ2) is 10.3. The quantitative estimate of drug-likeness (QED) is 0.424. The van der Waals surface area contributed by atoms with Gasteiger partial charge in [-0.1, -0.05) is 6.07 Å². The van der Waals surface area contributed by atoms with E-state index in [9.17, 15) is 24.4 Å². The lowest BCUT2D eigenvalue weighted by atomic mass is 9.75. The van der Waals surface area contributed by atoms with Gasteiger partial charge in [-0.3, -0.25) is 9.59 Å². The highest BCUT2D eigenvalue weighted by molar-refractivity contribution is 7.10. The van der Waals surface area contributed by atoms with Crippen molar-refractivity contribution in [3.8, 4) is 6.07 Å². The molecule has 0 saturated carbocycles. The molecule has 184 valence electrons. The predicted octanol–water partition coefficient (Wildman–Crippen LogP) is 2.92. The molecule has 10 heteroatoms. The minimum atomic E-state index is -1.24. The van der Waals surface area contributed by atoms with Gasteiger partial charge in [0.05, 0.1) is 53.8 Å². The molecule has 0 amide bonds. The number of esters is 2. The molecule has 3 rings (SSSR count). The van der Waals surface area contributed by atoms with Crippen molar-refractivity contribution in [2.24, 2.45) is 17.6 Å². The number of fused-ring (bicyclic) bond motifs is 1. The van der Waals surface area contributed by atoms with Crippen LogP contribution in [0.2, 0.25) is 0 Å². The van der Waals surface area contributed by atoms with Crippen LogP contribution in [0.4, 0.5) is 0 Å². The molecule has 9 nitrogen and oxygen atoms in total. The smallest absolute Gasteiger partial charge is 0.336 e. The zero-order valence-corrected chi connectivity index (χ0v) is 21.0. The van der Waals surface area contributed by atoms with Crippen LogP contribution in [0.15, 0.2) is 51.4 Å². The Kier molecular flexibility index (Phi) is 7.60. The number of thiophene rings is 1. The molecule has 35 heavy (non-hydrogen) atoms. The maximum Gasteiger partial charge on any atom is 0.336 e. The Labute approximate surface area is 207 Å². The van der Waals surface area contributed by atoms with Crippen LogP contribution in [0, 0.1) is 23.2 Å². The van der Waals surface area contributed by atoms with Gasteiger partial charge in [0.2, 0.25) is 0 Å². The van der Waals surface area contributed by atoms with Gasteiger partial charge < -0.3 is 20.1 Å². The normalized spacial score (nSPS) is 19.6. The molecular weight excluding hydrogens is 470 g/mol. The predicted molar refractivity (Wildman–Crippen MR) is 127 cm³/mol. The van der Waals surface area contributed by atoms with Gasteiger partial charge >= 0.3 is 11.9 Å². The molecule has 0 aromatic carbocycles. The second-order valence-electron chi connectivity index (χ2n) is 8.11. The zero-order valence-electron chi connectivity index (χ0n) is 20.2. The van der Waals surface area contributed by atoms with E-state index in [2.05, 4.69) is 0 Å². The van der Waals surface area contributed by atoms with Crippen LogP contribution in [-0.2, 0) is 28.7 Å². The first-order valence-electron chi connectivity index (χ1n) is 11.1. The fourth-order valence-electron chi connectivity index (χ4n) is 4.81. The number of hydrogen-bond donors (Lipinski definition) is 1. The molecule has 2 aliphatic heterocycles. The zero-order chi connectivity index (χ0) is 26.0. The van der Waals surface area contributed by atoms with E-state index < -0.39 is 41.3 Å². The van der Waals surface area contributed by atoms with Gasteiger partial charge in [-0.05, 0) is 46.1 Å². The van der Waals surface area contributed by atoms with Crippen LogP contribution in [-0.4, -0.2) is 41.6 Å². The highest BCUT2D eigenvalue weighted by Gasteiger charge is 2.52. The van der Waals surface area contributed by atoms with Crippen molar-refractivity contribution in [2.45, 2.75) is 40.5 Å². The van der Waals surface area contributed by atoms with E-state index in [0.29, 0.717) is 10.6 Å². The summed E-state index contributed by atoms with van der Waals surface area (Å²) in [7, 11) is 0. The summed E-state index contributed by atoms with van der Waals surface area (Å²) in [4.78, 5) is 54.1. The molecule has 0 fully saturated rings. The Morgan fingerprint density at radius 1 is 1.11 bits per heavy atom. The summed E-state index contributed by atoms with van der Waals surface area (Å²) in [6, 6.07) is 5.58. The van der Waals surface area contributed by atoms with Gasteiger partial charge in [0.1, 0.15) is 17.4 Å². The maximum atomic E-state index is 13.5. The number of ether oxygens (including phenoxy) is 2. The van der Waals surface area contributed by atoms with Crippen LogP contribution in [0.3, 0.4) is 0 Å². The molecule has 0 radical (unpaired) electrons. The molecule has 2 atom stereocenters. The number of Topliss-reactive ketones (excluding diaryl/α,β-unsaturated/α-hetero) is 2. The minimum Gasteiger partial charge on any atom is -0.463 e. The monoisotopic (exact) mass is 497 g/mol. The molecule has 0 bridgehead atoms. The molecule has 3 heterocycles. The van der Waals surface area contributed by atoms with Crippen LogP contribution < -0.4 is 5.73 Å². The van der Waals surface area contributed by atoms with Crippen LogP contribution in [0.25, 0.3) is 0 Å². The summed E-state index contributed by atoms with van der Waals surface area (Å²) in [6.07, 6.45) is 0. The van der Waals surface area contributed by atoms with Crippen molar-refractivity contribution in [2.75, 3.05) is 13.2 Å². The van der Waals surface area contributed by atoms with Crippen LogP contribution in [0.1, 0.15) is 45.4 Å². The Morgan fingerprint density at radius 3 is 2.14 bits per heavy atom. The van der Waals surface area contributed by atoms with E-state index in [4.69, 9.17) is 15.2 Å². The van der Waals surface area contributed by atoms with Gasteiger partial charge in [-0.25, -0.2) is 9.59 Å². The number of nitrogens with two attached hydrogens (primary N) is 1. The van der Waals surface area contributed by atoms with Crippen molar-refractivity contribution >= 4 is 34.8 Å². The van der Waals surface area contributed by atoms with Gasteiger partial charge in [-0.15, -0.1) is 11.3 Å². The molecule has 1 aromatic rings. The third kappa shape index (κ3) is 4.28.